The van der Waals surface area contributed by atoms with Gasteiger partial charge in [0, 0.05) is 18.0 Å². The van der Waals surface area contributed by atoms with E-state index in [0.29, 0.717) is 12.1 Å². The summed E-state index contributed by atoms with van der Waals surface area (Å²) in [6, 6.07) is 4.10. The lowest BCUT2D eigenvalue weighted by molar-refractivity contribution is 1.02. The van der Waals surface area contributed by atoms with Crippen LogP contribution >= 0.6 is 11.8 Å². The zero-order chi connectivity index (χ0) is 10.6. The van der Waals surface area contributed by atoms with Gasteiger partial charge in [0.1, 0.15) is 11.1 Å². The molecule has 0 aliphatic heterocycles. The van der Waals surface area contributed by atoms with Crippen LogP contribution in [-0.2, 0) is 0 Å². The zero-order valence-corrected chi connectivity index (χ0v) is 9.19. The number of hydrogen-bond acceptors (Lipinski definition) is 4. The van der Waals surface area contributed by atoms with E-state index in [2.05, 4.69) is 11.1 Å². The van der Waals surface area contributed by atoms with Crippen LogP contribution in [0.5, 0.6) is 0 Å². The van der Waals surface area contributed by atoms with Crippen molar-refractivity contribution in [2.75, 3.05) is 12.3 Å². The molecule has 1 aromatic rings. The van der Waals surface area contributed by atoms with Gasteiger partial charge in [-0.25, -0.2) is 4.98 Å². The van der Waals surface area contributed by atoms with Gasteiger partial charge in [-0.15, -0.1) is 11.8 Å². The molecule has 0 fully saturated rings. The van der Waals surface area contributed by atoms with Crippen LogP contribution < -0.4 is 5.73 Å². The topological polar surface area (TPSA) is 62.7 Å². The Morgan fingerprint density at radius 3 is 2.86 bits per heavy atom. The summed E-state index contributed by atoms with van der Waals surface area (Å²) in [5.74, 6) is 0.796. The van der Waals surface area contributed by atoms with E-state index in [9.17, 15) is 0 Å². The smallest absolute Gasteiger partial charge is 0.114 e. The summed E-state index contributed by atoms with van der Waals surface area (Å²) < 4.78 is 0. The van der Waals surface area contributed by atoms with E-state index < -0.39 is 0 Å². The first-order chi connectivity index (χ1) is 6.69. The molecule has 0 saturated carbocycles. The zero-order valence-electron chi connectivity index (χ0n) is 8.37. The molecule has 74 valence electrons. The van der Waals surface area contributed by atoms with Crippen LogP contribution in [0.15, 0.2) is 11.1 Å². The van der Waals surface area contributed by atoms with Gasteiger partial charge in [-0.3, -0.25) is 0 Å². The molecule has 2 N–H and O–H groups in total. The fourth-order valence-electron chi connectivity index (χ4n) is 1.20. The summed E-state index contributed by atoms with van der Waals surface area (Å²) in [5, 5.41) is 9.76. The number of hydrogen-bond donors (Lipinski definition) is 1. The Bertz CT molecular complexity index is 368. The van der Waals surface area contributed by atoms with Crippen molar-refractivity contribution in [2.45, 2.75) is 18.9 Å². The van der Waals surface area contributed by atoms with Crippen LogP contribution in [-0.4, -0.2) is 17.3 Å². The summed E-state index contributed by atoms with van der Waals surface area (Å²) in [5.41, 5.74) is 8.02. The third-order valence-corrected chi connectivity index (χ3v) is 2.79. The SMILES string of the molecule is Cc1cc(C)c(C#N)c(SCCN)n1. The van der Waals surface area contributed by atoms with Gasteiger partial charge in [-0.2, -0.15) is 5.26 Å². The van der Waals surface area contributed by atoms with Crippen molar-refractivity contribution in [3.63, 3.8) is 0 Å². The molecule has 0 radical (unpaired) electrons. The molecule has 0 saturated heterocycles. The first-order valence-corrected chi connectivity index (χ1v) is 5.38. The quantitative estimate of drug-likeness (QED) is 0.765. The molecule has 4 heteroatoms. The minimum atomic E-state index is 0.601. The molecule has 0 atom stereocenters. The van der Waals surface area contributed by atoms with Gasteiger partial charge < -0.3 is 5.73 Å². The standard InChI is InChI=1S/C10H13N3S/c1-7-5-8(2)13-10(9(7)6-12)14-4-3-11/h5H,3-4,11H2,1-2H3. The summed E-state index contributed by atoms with van der Waals surface area (Å²) in [7, 11) is 0. The maximum atomic E-state index is 8.95. The van der Waals surface area contributed by atoms with E-state index in [-0.39, 0.29) is 0 Å². The summed E-state index contributed by atoms with van der Waals surface area (Å²) in [6.07, 6.45) is 0. The fraction of sp³-hybridized carbons (Fsp3) is 0.400. The Morgan fingerprint density at radius 2 is 2.29 bits per heavy atom. The second-order valence-corrected chi connectivity index (χ2v) is 4.09. The van der Waals surface area contributed by atoms with Crippen molar-refractivity contribution in [2.24, 2.45) is 5.73 Å². The Balaban J connectivity index is 3.07. The van der Waals surface area contributed by atoms with Crippen molar-refractivity contribution in [3.8, 4) is 6.07 Å². The number of rotatable bonds is 3. The molecule has 14 heavy (non-hydrogen) atoms. The fourth-order valence-corrected chi connectivity index (χ4v) is 2.07. The van der Waals surface area contributed by atoms with Crippen LogP contribution in [0.1, 0.15) is 16.8 Å². The predicted molar refractivity (Wildman–Crippen MR) is 58.2 cm³/mol. The van der Waals surface area contributed by atoms with Gasteiger partial charge in [0.2, 0.25) is 0 Å². The number of thioether (sulfide) groups is 1. The second-order valence-electron chi connectivity index (χ2n) is 3.01. The highest BCUT2D eigenvalue weighted by molar-refractivity contribution is 7.99. The highest BCUT2D eigenvalue weighted by Crippen LogP contribution is 2.22. The number of nitrogens with zero attached hydrogens (tertiary/aromatic N) is 2. The van der Waals surface area contributed by atoms with Crippen LogP contribution in [0, 0.1) is 25.2 Å². The highest BCUT2D eigenvalue weighted by atomic mass is 32.2. The third kappa shape index (κ3) is 2.47. The normalized spacial score (nSPS) is 9.86. The Morgan fingerprint density at radius 1 is 1.57 bits per heavy atom. The average Bonchev–Trinajstić information content (AvgIpc) is 2.14. The monoisotopic (exact) mass is 207 g/mol. The number of pyridine rings is 1. The van der Waals surface area contributed by atoms with Gasteiger partial charge in [-0.1, -0.05) is 0 Å². The van der Waals surface area contributed by atoms with Crippen LogP contribution in [0.3, 0.4) is 0 Å². The van der Waals surface area contributed by atoms with Crippen LogP contribution in [0.25, 0.3) is 0 Å². The van der Waals surface area contributed by atoms with Crippen molar-refractivity contribution >= 4 is 11.8 Å². The van der Waals surface area contributed by atoms with E-state index >= 15 is 0 Å². The summed E-state index contributed by atoms with van der Waals surface area (Å²) in [4.78, 5) is 4.33. The lowest BCUT2D eigenvalue weighted by Crippen LogP contribution is -2.03. The second kappa shape index (κ2) is 4.99. The number of nitriles is 1. The van der Waals surface area contributed by atoms with Gasteiger partial charge in [0.15, 0.2) is 0 Å². The van der Waals surface area contributed by atoms with E-state index in [4.69, 9.17) is 11.0 Å². The van der Waals surface area contributed by atoms with Gasteiger partial charge in [0.25, 0.3) is 0 Å². The van der Waals surface area contributed by atoms with E-state index in [0.717, 1.165) is 22.0 Å². The lowest BCUT2D eigenvalue weighted by atomic mass is 10.1. The minimum absolute atomic E-state index is 0.601. The maximum absolute atomic E-state index is 8.95. The largest absolute Gasteiger partial charge is 0.330 e. The lowest BCUT2D eigenvalue weighted by Gasteiger charge is -2.05. The number of aryl methyl sites for hydroxylation is 2. The van der Waals surface area contributed by atoms with Gasteiger partial charge in [-0.05, 0) is 25.5 Å². The molecule has 0 bridgehead atoms. The molecule has 1 heterocycles. The predicted octanol–water partition coefficient (Wildman–Crippen LogP) is 1.62. The Kier molecular flexibility index (Phi) is 3.93. The molecule has 0 amide bonds. The Labute approximate surface area is 88.3 Å². The maximum Gasteiger partial charge on any atom is 0.114 e. The molecule has 1 rings (SSSR count). The third-order valence-electron chi connectivity index (χ3n) is 1.78. The molecular formula is C10H13N3S. The molecule has 3 nitrogen and oxygen atoms in total. The molecule has 1 aromatic heterocycles. The average molecular weight is 207 g/mol. The van der Waals surface area contributed by atoms with Crippen molar-refractivity contribution in [3.05, 3.63) is 22.9 Å². The highest BCUT2D eigenvalue weighted by Gasteiger charge is 2.07. The molecule has 0 aliphatic carbocycles. The van der Waals surface area contributed by atoms with Crippen LogP contribution in [0.2, 0.25) is 0 Å². The first-order valence-electron chi connectivity index (χ1n) is 4.40. The number of aromatic nitrogens is 1. The van der Waals surface area contributed by atoms with Crippen molar-refractivity contribution in [1.82, 2.24) is 4.98 Å². The minimum Gasteiger partial charge on any atom is -0.330 e. The van der Waals surface area contributed by atoms with Crippen molar-refractivity contribution in [1.29, 1.82) is 5.26 Å². The number of nitrogens with two attached hydrogens (primary N) is 1. The summed E-state index contributed by atoms with van der Waals surface area (Å²) in [6.45, 7) is 4.46. The van der Waals surface area contributed by atoms with E-state index in [1.165, 1.54) is 0 Å². The first kappa shape index (κ1) is 11.0. The summed E-state index contributed by atoms with van der Waals surface area (Å²) >= 11 is 1.54. The van der Waals surface area contributed by atoms with E-state index in [1.807, 2.05) is 19.9 Å². The Hall–Kier alpha value is -1.05. The molecule has 0 spiro atoms. The van der Waals surface area contributed by atoms with Crippen molar-refractivity contribution < 1.29 is 0 Å². The molecular weight excluding hydrogens is 194 g/mol. The van der Waals surface area contributed by atoms with Crippen LogP contribution in [0.4, 0.5) is 0 Å². The van der Waals surface area contributed by atoms with E-state index in [1.54, 1.807) is 11.8 Å². The van der Waals surface area contributed by atoms with Gasteiger partial charge in [0.05, 0.1) is 5.56 Å². The molecule has 0 aromatic carbocycles. The molecule has 0 aliphatic rings. The van der Waals surface area contributed by atoms with Gasteiger partial charge >= 0.3 is 0 Å². The molecule has 0 unspecified atom stereocenters.